The van der Waals surface area contributed by atoms with Crippen LogP contribution in [0.4, 0.5) is 9.93 Å². The van der Waals surface area contributed by atoms with Gasteiger partial charge in [-0.3, -0.25) is 4.79 Å². The maximum absolute atomic E-state index is 12.1. The first-order chi connectivity index (χ1) is 9.60. The number of aromatic nitrogens is 1. The highest BCUT2D eigenvalue weighted by Crippen LogP contribution is 2.13. The van der Waals surface area contributed by atoms with Crippen molar-refractivity contribution >= 4 is 28.4 Å². The summed E-state index contributed by atoms with van der Waals surface area (Å²) < 4.78 is 0. The van der Waals surface area contributed by atoms with Crippen molar-refractivity contribution in [2.75, 3.05) is 38.5 Å². The van der Waals surface area contributed by atoms with Gasteiger partial charge in [0.05, 0.1) is 12.1 Å². The number of nitrogens with two attached hydrogens (primary N) is 1. The Morgan fingerprint density at radius 1 is 1.35 bits per heavy atom. The maximum Gasteiger partial charge on any atom is 0.317 e. The van der Waals surface area contributed by atoms with Crippen LogP contribution in [0.3, 0.4) is 0 Å². The fourth-order valence-electron chi connectivity index (χ4n) is 2.09. The lowest BCUT2D eigenvalue weighted by atomic mass is 10.2. The Kier molecular flexibility index (Phi) is 4.78. The Balaban J connectivity index is 1.81. The standard InChI is InChI=1S/C12H19N5O2S/c1-2-14-12(19)17-5-3-16(4-6-17)10(18)7-9-8-20-11(13)15-9/h8H,2-7H2,1H3,(H2,13,15)(H,14,19). The summed E-state index contributed by atoms with van der Waals surface area (Å²) in [7, 11) is 0. The molecule has 7 nitrogen and oxygen atoms in total. The average molecular weight is 297 g/mol. The molecule has 3 N–H and O–H groups in total. The van der Waals surface area contributed by atoms with E-state index in [0.29, 0.717) is 43.5 Å². The molecule has 0 aromatic carbocycles. The van der Waals surface area contributed by atoms with E-state index in [1.807, 2.05) is 6.92 Å². The summed E-state index contributed by atoms with van der Waals surface area (Å²) in [6, 6.07) is -0.0631. The zero-order chi connectivity index (χ0) is 14.5. The largest absolute Gasteiger partial charge is 0.375 e. The molecule has 0 bridgehead atoms. The van der Waals surface area contributed by atoms with Gasteiger partial charge >= 0.3 is 6.03 Å². The van der Waals surface area contributed by atoms with Crippen LogP contribution in [0.5, 0.6) is 0 Å². The summed E-state index contributed by atoms with van der Waals surface area (Å²) in [5, 5.41) is 5.05. The molecule has 0 unspecified atom stereocenters. The normalized spacial score (nSPS) is 15.2. The van der Waals surface area contributed by atoms with E-state index >= 15 is 0 Å². The van der Waals surface area contributed by atoms with E-state index in [1.165, 1.54) is 11.3 Å². The first-order valence-corrected chi connectivity index (χ1v) is 7.48. The Hall–Kier alpha value is -1.83. The summed E-state index contributed by atoms with van der Waals surface area (Å²) >= 11 is 1.34. The molecule has 2 rings (SSSR count). The van der Waals surface area contributed by atoms with Gasteiger partial charge in [-0.05, 0) is 6.92 Å². The van der Waals surface area contributed by atoms with Crippen LogP contribution >= 0.6 is 11.3 Å². The lowest BCUT2D eigenvalue weighted by molar-refractivity contribution is -0.131. The van der Waals surface area contributed by atoms with Crippen LogP contribution in [-0.2, 0) is 11.2 Å². The van der Waals surface area contributed by atoms with E-state index in [9.17, 15) is 9.59 Å². The minimum atomic E-state index is -0.0631. The Morgan fingerprint density at radius 2 is 2.00 bits per heavy atom. The minimum Gasteiger partial charge on any atom is -0.375 e. The predicted molar refractivity (Wildman–Crippen MR) is 77.5 cm³/mol. The molecule has 3 amide bonds. The lowest BCUT2D eigenvalue weighted by Crippen LogP contribution is -2.53. The van der Waals surface area contributed by atoms with Crippen LogP contribution in [0.25, 0.3) is 0 Å². The summed E-state index contributed by atoms with van der Waals surface area (Å²) in [5.74, 6) is 0.0332. The van der Waals surface area contributed by atoms with Gasteiger partial charge in [-0.2, -0.15) is 0 Å². The van der Waals surface area contributed by atoms with Gasteiger partial charge in [0.2, 0.25) is 5.91 Å². The molecule has 1 aromatic rings. The minimum absolute atomic E-state index is 0.0332. The molecule has 0 spiro atoms. The van der Waals surface area contributed by atoms with Gasteiger partial charge in [0.15, 0.2) is 5.13 Å². The van der Waals surface area contributed by atoms with Crippen molar-refractivity contribution in [3.8, 4) is 0 Å². The summed E-state index contributed by atoms with van der Waals surface area (Å²) in [6.07, 6.45) is 0.273. The second-order valence-electron chi connectivity index (χ2n) is 4.56. The second kappa shape index (κ2) is 6.56. The third kappa shape index (κ3) is 3.60. The summed E-state index contributed by atoms with van der Waals surface area (Å²) in [5.41, 5.74) is 6.26. The fraction of sp³-hybridized carbons (Fsp3) is 0.583. The molecule has 1 aliphatic heterocycles. The molecule has 0 aliphatic carbocycles. The fourth-order valence-corrected chi connectivity index (χ4v) is 2.66. The first kappa shape index (κ1) is 14.6. The molecule has 1 saturated heterocycles. The van der Waals surface area contributed by atoms with Gasteiger partial charge in [0, 0.05) is 38.1 Å². The van der Waals surface area contributed by atoms with E-state index in [1.54, 1.807) is 15.2 Å². The van der Waals surface area contributed by atoms with Crippen LogP contribution in [0.15, 0.2) is 5.38 Å². The topological polar surface area (TPSA) is 91.6 Å². The number of carbonyl (C=O) groups is 2. The predicted octanol–water partition coefficient (Wildman–Crippen LogP) is 0.142. The van der Waals surface area contributed by atoms with Crippen LogP contribution in [-0.4, -0.2) is 59.4 Å². The Labute approximate surface area is 121 Å². The van der Waals surface area contributed by atoms with E-state index in [2.05, 4.69) is 10.3 Å². The van der Waals surface area contributed by atoms with Crippen molar-refractivity contribution in [3.05, 3.63) is 11.1 Å². The molecule has 1 aliphatic rings. The second-order valence-corrected chi connectivity index (χ2v) is 5.45. The first-order valence-electron chi connectivity index (χ1n) is 6.60. The smallest absolute Gasteiger partial charge is 0.317 e. The number of carbonyl (C=O) groups excluding carboxylic acids is 2. The quantitative estimate of drug-likeness (QED) is 0.830. The van der Waals surface area contributed by atoms with Gasteiger partial charge in [-0.25, -0.2) is 9.78 Å². The number of nitrogens with zero attached hydrogens (tertiary/aromatic N) is 3. The van der Waals surface area contributed by atoms with Crippen molar-refractivity contribution in [1.82, 2.24) is 20.1 Å². The number of hydrogen-bond acceptors (Lipinski definition) is 5. The zero-order valence-electron chi connectivity index (χ0n) is 11.5. The van der Waals surface area contributed by atoms with Gasteiger partial charge in [0.1, 0.15) is 0 Å². The number of piperazine rings is 1. The van der Waals surface area contributed by atoms with Gasteiger partial charge in [-0.1, -0.05) is 0 Å². The van der Waals surface area contributed by atoms with Crippen molar-refractivity contribution in [3.63, 3.8) is 0 Å². The number of rotatable bonds is 3. The van der Waals surface area contributed by atoms with Crippen LogP contribution < -0.4 is 11.1 Å². The number of nitrogens with one attached hydrogen (secondary N) is 1. The maximum atomic E-state index is 12.1. The Morgan fingerprint density at radius 3 is 2.55 bits per heavy atom. The number of amides is 3. The molecule has 8 heteroatoms. The number of hydrogen-bond donors (Lipinski definition) is 2. The highest BCUT2D eigenvalue weighted by Gasteiger charge is 2.24. The van der Waals surface area contributed by atoms with E-state index in [4.69, 9.17) is 5.73 Å². The van der Waals surface area contributed by atoms with Crippen molar-refractivity contribution in [2.24, 2.45) is 0 Å². The number of nitrogen functional groups attached to an aromatic ring is 1. The molecular weight excluding hydrogens is 278 g/mol. The van der Waals surface area contributed by atoms with Crippen LogP contribution in [0, 0.1) is 0 Å². The summed E-state index contributed by atoms with van der Waals surface area (Å²) in [6.45, 7) is 4.76. The highest BCUT2D eigenvalue weighted by atomic mass is 32.1. The van der Waals surface area contributed by atoms with Crippen LogP contribution in [0.1, 0.15) is 12.6 Å². The highest BCUT2D eigenvalue weighted by molar-refractivity contribution is 7.13. The SMILES string of the molecule is CCNC(=O)N1CCN(C(=O)Cc2csc(N)n2)CC1. The average Bonchev–Trinajstić information content (AvgIpc) is 2.84. The Bertz CT molecular complexity index is 482. The van der Waals surface area contributed by atoms with E-state index in [0.717, 1.165) is 0 Å². The zero-order valence-corrected chi connectivity index (χ0v) is 12.3. The number of thiazole rings is 1. The molecule has 0 atom stereocenters. The number of urea groups is 1. The molecule has 20 heavy (non-hydrogen) atoms. The lowest BCUT2D eigenvalue weighted by Gasteiger charge is -2.34. The van der Waals surface area contributed by atoms with Crippen molar-refractivity contribution in [2.45, 2.75) is 13.3 Å². The molecule has 0 radical (unpaired) electrons. The van der Waals surface area contributed by atoms with Gasteiger partial charge < -0.3 is 20.9 Å². The molecule has 0 saturated carbocycles. The molecular formula is C12H19N5O2S. The van der Waals surface area contributed by atoms with Crippen LogP contribution in [0.2, 0.25) is 0 Å². The van der Waals surface area contributed by atoms with Crippen molar-refractivity contribution < 1.29 is 9.59 Å². The number of anilines is 1. The van der Waals surface area contributed by atoms with E-state index in [-0.39, 0.29) is 18.4 Å². The molecule has 110 valence electrons. The van der Waals surface area contributed by atoms with Gasteiger partial charge in [0.25, 0.3) is 0 Å². The third-order valence-electron chi connectivity index (χ3n) is 3.15. The monoisotopic (exact) mass is 297 g/mol. The van der Waals surface area contributed by atoms with Crippen molar-refractivity contribution in [1.29, 1.82) is 0 Å². The van der Waals surface area contributed by atoms with E-state index < -0.39 is 0 Å². The molecule has 2 heterocycles. The third-order valence-corrected chi connectivity index (χ3v) is 3.87. The summed E-state index contributed by atoms with van der Waals surface area (Å²) in [4.78, 5) is 31.4. The molecule has 1 aromatic heterocycles. The van der Waals surface area contributed by atoms with Gasteiger partial charge in [-0.15, -0.1) is 11.3 Å². The molecule has 1 fully saturated rings.